The van der Waals surface area contributed by atoms with Crippen LogP contribution in [0.5, 0.6) is 0 Å². The van der Waals surface area contributed by atoms with E-state index in [2.05, 4.69) is 0 Å². The van der Waals surface area contributed by atoms with E-state index in [0.717, 1.165) is 32.1 Å². The minimum Gasteiger partial charge on any atom is -0.465 e. The molecule has 0 spiro atoms. The summed E-state index contributed by atoms with van der Waals surface area (Å²) in [6.07, 6.45) is 8.21. The fourth-order valence-corrected chi connectivity index (χ4v) is 3.82. The zero-order valence-corrected chi connectivity index (χ0v) is 13.3. The SMILES string of the molecule is CCC(C)(C)C(=O)OCCC1CC2CCCC(O)(C2)C1. The standard InChI is InChI=1S/C17H30O3/c1-4-16(2,3)15(18)20-9-7-14-10-13-6-5-8-17(19,11-13)12-14/h13-14,19H,4-12H2,1-3H3. The van der Waals surface area contributed by atoms with Gasteiger partial charge < -0.3 is 9.84 Å². The summed E-state index contributed by atoms with van der Waals surface area (Å²) in [5, 5.41) is 10.5. The quantitative estimate of drug-likeness (QED) is 0.782. The lowest BCUT2D eigenvalue weighted by Gasteiger charge is -2.45. The Morgan fingerprint density at radius 1 is 1.40 bits per heavy atom. The molecule has 2 fully saturated rings. The molecule has 2 bridgehead atoms. The third-order valence-electron chi connectivity index (χ3n) is 5.45. The molecule has 3 atom stereocenters. The summed E-state index contributed by atoms with van der Waals surface area (Å²) >= 11 is 0. The second kappa shape index (κ2) is 6.05. The molecule has 0 aromatic heterocycles. The Balaban J connectivity index is 1.76. The van der Waals surface area contributed by atoms with Crippen molar-refractivity contribution in [1.82, 2.24) is 0 Å². The van der Waals surface area contributed by atoms with E-state index in [4.69, 9.17) is 4.74 Å². The molecule has 20 heavy (non-hydrogen) atoms. The lowest BCUT2D eigenvalue weighted by molar-refractivity contribution is -0.155. The van der Waals surface area contributed by atoms with Gasteiger partial charge in [-0.1, -0.05) is 19.8 Å². The molecule has 3 heteroatoms. The van der Waals surface area contributed by atoms with Crippen molar-refractivity contribution in [3.8, 4) is 0 Å². The van der Waals surface area contributed by atoms with Crippen LogP contribution in [-0.4, -0.2) is 23.3 Å². The maximum absolute atomic E-state index is 11.9. The van der Waals surface area contributed by atoms with E-state index in [-0.39, 0.29) is 11.4 Å². The molecule has 0 radical (unpaired) electrons. The first kappa shape index (κ1) is 15.8. The number of hydrogen-bond donors (Lipinski definition) is 1. The average Bonchev–Trinajstić information content (AvgIpc) is 2.37. The maximum atomic E-state index is 11.9. The van der Waals surface area contributed by atoms with Crippen LogP contribution in [0.25, 0.3) is 0 Å². The van der Waals surface area contributed by atoms with Gasteiger partial charge >= 0.3 is 5.97 Å². The van der Waals surface area contributed by atoms with Crippen LogP contribution >= 0.6 is 0 Å². The van der Waals surface area contributed by atoms with Gasteiger partial charge in [0.05, 0.1) is 17.6 Å². The molecule has 3 unspecified atom stereocenters. The van der Waals surface area contributed by atoms with Crippen LogP contribution in [0, 0.1) is 17.3 Å². The van der Waals surface area contributed by atoms with E-state index in [1.165, 1.54) is 19.3 Å². The van der Waals surface area contributed by atoms with Crippen molar-refractivity contribution in [3.63, 3.8) is 0 Å². The van der Waals surface area contributed by atoms with Crippen molar-refractivity contribution in [1.29, 1.82) is 0 Å². The van der Waals surface area contributed by atoms with Gasteiger partial charge in [-0.3, -0.25) is 4.79 Å². The fourth-order valence-electron chi connectivity index (χ4n) is 3.82. The number of esters is 1. The topological polar surface area (TPSA) is 46.5 Å². The van der Waals surface area contributed by atoms with Crippen molar-refractivity contribution in [2.75, 3.05) is 6.61 Å². The molecule has 1 N–H and O–H groups in total. The molecule has 0 aromatic rings. The zero-order chi connectivity index (χ0) is 14.8. The van der Waals surface area contributed by atoms with E-state index in [1.807, 2.05) is 20.8 Å². The van der Waals surface area contributed by atoms with Gasteiger partial charge in [0.1, 0.15) is 0 Å². The van der Waals surface area contributed by atoms with Gasteiger partial charge in [0.25, 0.3) is 0 Å². The molecule has 2 saturated carbocycles. The van der Waals surface area contributed by atoms with E-state index >= 15 is 0 Å². The van der Waals surface area contributed by atoms with Crippen LogP contribution < -0.4 is 0 Å². The van der Waals surface area contributed by atoms with E-state index in [0.29, 0.717) is 18.4 Å². The Hall–Kier alpha value is -0.570. The highest BCUT2D eigenvalue weighted by atomic mass is 16.5. The highest BCUT2D eigenvalue weighted by Gasteiger charge is 2.41. The third kappa shape index (κ3) is 3.75. The van der Waals surface area contributed by atoms with Crippen LogP contribution in [0.4, 0.5) is 0 Å². The van der Waals surface area contributed by atoms with Crippen LogP contribution in [0.15, 0.2) is 0 Å². The first-order valence-electron chi connectivity index (χ1n) is 8.24. The summed E-state index contributed by atoms with van der Waals surface area (Å²) in [7, 11) is 0. The Morgan fingerprint density at radius 3 is 2.80 bits per heavy atom. The Morgan fingerprint density at radius 2 is 2.15 bits per heavy atom. The lowest BCUT2D eigenvalue weighted by Crippen LogP contribution is -2.42. The van der Waals surface area contributed by atoms with Crippen molar-refractivity contribution in [2.24, 2.45) is 17.3 Å². The summed E-state index contributed by atoms with van der Waals surface area (Å²) < 4.78 is 5.43. The van der Waals surface area contributed by atoms with Crippen molar-refractivity contribution < 1.29 is 14.6 Å². The van der Waals surface area contributed by atoms with Gasteiger partial charge in [0.2, 0.25) is 0 Å². The van der Waals surface area contributed by atoms with E-state index in [1.54, 1.807) is 0 Å². The van der Waals surface area contributed by atoms with E-state index < -0.39 is 5.60 Å². The molecule has 116 valence electrons. The molecular formula is C17H30O3. The maximum Gasteiger partial charge on any atom is 0.311 e. The number of carbonyl (C=O) groups excluding carboxylic acids is 1. The monoisotopic (exact) mass is 282 g/mol. The Labute approximate surface area is 123 Å². The highest BCUT2D eigenvalue weighted by molar-refractivity contribution is 5.75. The van der Waals surface area contributed by atoms with Gasteiger partial charge in [-0.15, -0.1) is 0 Å². The normalized spacial score (nSPS) is 33.8. The fraction of sp³-hybridized carbons (Fsp3) is 0.941. The second-order valence-corrected chi connectivity index (χ2v) is 7.65. The van der Waals surface area contributed by atoms with Crippen molar-refractivity contribution >= 4 is 5.97 Å². The average molecular weight is 282 g/mol. The predicted molar refractivity (Wildman–Crippen MR) is 79.3 cm³/mol. The second-order valence-electron chi connectivity index (χ2n) is 7.65. The lowest BCUT2D eigenvalue weighted by atomic mass is 9.65. The summed E-state index contributed by atoms with van der Waals surface area (Å²) in [5.74, 6) is 1.13. The van der Waals surface area contributed by atoms with Gasteiger partial charge in [0.15, 0.2) is 0 Å². The molecular weight excluding hydrogens is 252 g/mol. The highest BCUT2D eigenvalue weighted by Crippen LogP contribution is 2.46. The zero-order valence-electron chi connectivity index (χ0n) is 13.3. The molecule has 2 aliphatic carbocycles. The number of ether oxygens (including phenoxy) is 1. The third-order valence-corrected chi connectivity index (χ3v) is 5.45. The largest absolute Gasteiger partial charge is 0.465 e. The number of fused-ring (bicyclic) bond motifs is 2. The molecule has 0 amide bonds. The number of rotatable bonds is 5. The van der Waals surface area contributed by atoms with Gasteiger partial charge in [-0.25, -0.2) is 0 Å². The first-order valence-corrected chi connectivity index (χ1v) is 8.24. The molecule has 2 aliphatic rings. The van der Waals surface area contributed by atoms with Crippen LogP contribution in [0.2, 0.25) is 0 Å². The molecule has 2 rings (SSSR count). The number of hydrogen-bond acceptors (Lipinski definition) is 3. The van der Waals surface area contributed by atoms with Crippen LogP contribution in [0.3, 0.4) is 0 Å². The summed E-state index contributed by atoms with van der Waals surface area (Å²) in [6.45, 7) is 6.39. The summed E-state index contributed by atoms with van der Waals surface area (Å²) in [5.41, 5.74) is -0.792. The van der Waals surface area contributed by atoms with Gasteiger partial charge in [-0.2, -0.15) is 0 Å². The van der Waals surface area contributed by atoms with E-state index in [9.17, 15) is 9.90 Å². The van der Waals surface area contributed by atoms with Crippen LogP contribution in [-0.2, 0) is 9.53 Å². The number of carbonyl (C=O) groups is 1. The summed E-state index contributed by atoms with van der Waals surface area (Å²) in [4.78, 5) is 11.9. The minimum absolute atomic E-state index is 0.0882. The Bertz CT molecular complexity index is 350. The van der Waals surface area contributed by atoms with Crippen molar-refractivity contribution in [3.05, 3.63) is 0 Å². The molecule has 3 nitrogen and oxygen atoms in total. The minimum atomic E-state index is -0.418. The molecule has 0 heterocycles. The molecule has 0 aliphatic heterocycles. The van der Waals surface area contributed by atoms with Crippen LogP contribution in [0.1, 0.15) is 72.1 Å². The first-order chi connectivity index (χ1) is 9.35. The van der Waals surface area contributed by atoms with Gasteiger partial charge in [-0.05, 0) is 64.2 Å². The molecule has 0 aromatic carbocycles. The number of aliphatic hydroxyl groups is 1. The molecule has 0 saturated heterocycles. The van der Waals surface area contributed by atoms with Gasteiger partial charge in [0, 0.05) is 0 Å². The summed E-state index contributed by atoms with van der Waals surface area (Å²) in [6, 6.07) is 0. The Kier molecular flexibility index (Phi) is 4.78. The predicted octanol–water partition coefficient (Wildman–Crippen LogP) is 3.69. The van der Waals surface area contributed by atoms with Crippen molar-refractivity contribution in [2.45, 2.75) is 77.7 Å². The smallest absolute Gasteiger partial charge is 0.311 e.